The minimum atomic E-state index is -0.802. The lowest BCUT2D eigenvalue weighted by Gasteiger charge is -2.21. The molecule has 3 atom stereocenters. The first-order chi connectivity index (χ1) is 10.2. The Hall–Kier alpha value is -1.19. The molecule has 0 aromatic heterocycles. The maximum absolute atomic E-state index is 12.4. The van der Waals surface area contributed by atoms with Crippen LogP contribution in [0.25, 0.3) is 10.8 Å². The van der Waals surface area contributed by atoms with Crippen LogP contribution in [0.15, 0.2) is 42.5 Å². The van der Waals surface area contributed by atoms with Crippen molar-refractivity contribution in [3.05, 3.63) is 48.0 Å². The SMILES string of the molecule is CCNC(CS(=O)C(C)CC)c1cccc2ccccc12. The molecule has 2 aromatic carbocycles. The van der Waals surface area contributed by atoms with Gasteiger partial charge in [-0.25, -0.2) is 0 Å². The molecule has 0 spiro atoms. The quantitative estimate of drug-likeness (QED) is 0.836. The summed E-state index contributed by atoms with van der Waals surface area (Å²) >= 11 is 0. The highest BCUT2D eigenvalue weighted by Gasteiger charge is 2.19. The van der Waals surface area contributed by atoms with Gasteiger partial charge < -0.3 is 5.32 Å². The van der Waals surface area contributed by atoms with Crippen molar-refractivity contribution < 1.29 is 4.21 Å². The number of hydrogen-bond donors (Lipinski definition) is 1. The summed E-state index contributed by atoms with van der Waals surface area (Å²) in [6, 6.07) is 14.9. The van der Waals surface area contributed by atoms with Gasteiger partial charge in [0.15, 0.2) is 0 Å². The maximum Gasteiger partial charge on any atom is 0.0443 e. The van der Waals surface area contributed by atoms with E-state index in [0.717, 1.165) is 13.0 Å². The van der Waals surface area contributed by atoms with Crippen molar-refractivity contribution in [3.8, 4) is 0 Å². The third-order valence-corrected chi connectivity index (χ3v) is 5.90. The zero-order chi connectivity index (χ0) is 15.2. The summed E-state index contributed by atoms with van der Waals surface area (Å²) in [6.07, 6.45) is 0.959. The molecule has 2 nitrogen and oxygen atoms in total. The number of fused-ring (bicyclic) bond motifs is 1. The van der Waals surface area contributed by atoms with Gasteiger partial charge in [-0.15, -0.1) is 0 Å². The Morgan fingerprint density at radius 2 is 1.81 bits per heavy atom. The van der Waals surface area contributed by atoms with E-state index in [9.17, 15) is 4.21 Å². The molecular weight excluding hydrogens is 278 g/mol. The molecule has 0 aliphatic rings. The second-order valence-electron chi connectivity index (χ2n) is 5.44. The highest BCUT2D eigenvalue weighted by Crippen LogP contribution is 2.25. The van der Waals surface area contributed by atoms with Crippen molar-refractivity contribution in [3.63, 3.8) is 0 Å². The summed E-state index contributed by atoms with van der Waals surface area (Å²) in [5.41, 5.74) is 1.26. The highest BCUT2D eigenvalue weighted by molar-refractivity contribution is 7.85. The van der Waals surface area contributed by atoms with E-state index in [1.807, 2.05) is 0 Å². The Bertz CT molecular complexity index is 606. The molecule has 0 amide bonds. The topological polar surface area (TPSA) is 29.1 Å². The van der Waals surface area contributed by atoms with Crippen molar-refractivity contribution in [2.24, 2.45) is 0 Å². The summed E-state index contributed by atoms with van der Waals surface area (Å²) in [7, 11) is -0.802. The summed E-state index contributed by atoms with van der Waals surface area (Å²) in [6.45, 7) is 7.15. The van der Waals surface area contributed by atoms with Crippen molar-refractivity contribution in [1.29, 1.82) is 0 Å². The van der Waals surface area contributed by atoms with Gasteiger partial charge >= 0.3 is 0 Å². The van der Waals surface area contributed by atoms with Gasteiger partial charge in [-0.3, -0.25) is 4.21 Å². The third kappa shape index (κ3) is 3.92. The number of nitrogens with one attached hydrogen (secondary N) is 1. The van der Waals surface area contributed by atoms with E-state index < -0.39 is 10.8 Å². The van der Waals surface area contributed by atoms with Crippen molar-refractivity contribution in [2.45, 2.75) is 38.5 Å². The molecule has 21 heavy (non-hydrogen) atoms. The van der Waals surface area contributed by atoms with Crippen molar-refractivity contribution in [2.75, 3.05) is 12.3 Å². The summed E-state index contributed by atoms with van der Waals surface area (Å²) in [5.74, 6) is 0.677. The lowest BCUT2D eigenvalue weighted by atomic mass is 9.99. The van der Waals surface area contributed by atoms with E-state index in [4.69, 9.17) is 0 Å². The van der Waals surface area contributed by atoms with Gasteiger partial charge in [0.1, 0.15) is 0 Å². The average Bonchev–Trinajstić information content (AvgIpc) is 2.53. The van der Waals surface area contributed by atoms with Crippen LogP contribution in [0.1, 0.15) is 38.8 Å². The monoisotopic (exact) mass is 303 g/mol. The largest absolute Gasteiger partial charge is 0.309 e. The standard InChI is InChI=1S/C18H25NOS/c1-4-14(3)21(20)13-18(19-5-2)17-12-8-10-15-9-6-7-11-16(15)17/h6-12,14,18-19H,4-5,13H2,1-3H3. The Balaban J connectivity index is 2.34. The summed E-state index contributed by atoms with van der Waals surface area (Å²) < 4.78 is 12.4. The average molecular weight is 303 g/mol. The van der Waals surface area contributed by atoms with Crippen LogP contribution in [0, 0.1) is 0 Å². The Kier molecular flexibility index (Phi) is 5.95. The molecule has 0 heterocycles. The van der Waals surface area contributed by atoms with E-state index in [0.29, 0.717) is 5.75 Å². The smallest absolute Gasteiger partial charge is 0.0443 e. The molecule has 0 aliphatic heterocycles. The predicted octanol–water partition coefficient (Wildman–Crippen LogP) is 4.04. The first-order valence-corrected chi connectivity index (χ1v) is 9.13. The molecule has 0 radical (unpaired) electrons. The molecule has 3 heteroatoms. The molecule has 2 aromatic rings. The van der Waals surface area contributed by atoms with Crippen LogP contribution >= 0.6 is 0 Å². The van der Waals surface area contributed by atoms with Crippen LogP contribution in [0.2, 0.25) is 0 Å². The zero-order valence-electron chi connectivity index (χ0n) is 13.1. The minimum absolute atomic E-state index is 0.149. The normalized spacial score (nSPS) is 15.8. The van der Waals surface area contributed by atoms with E-state index in [1.54, 1.807) is 0 Å². The van der Waals surface area contributed by atoms with Crippen LogP contribution in [0.4, 0.5) is 0 Å². The molecule has 1 N–H and O–H groups in total. The van der Waals surface area contributed by atoms with Crippen LogP contribution in [-0.2, 0) is 10.8 Å². The molecule has 0 saturated heterocycles. The molecule has 0 fully saturated rings. The molecule has 0 saturated carbocycles. The summed E-state index contributed by atoms with van der Waals surface area (Å²) in [4.78, 5) is 0. The number of hydrogen-bond acceptors (Lipinski definition) is 2. The number of benzene rings is 2. The van der Waals surface area contributed by atoms with E-state index in [1.165, 1.54) is 16.3 Å². The Morgan fingerprint density at radius 3 is 2.52 bits per heavy atom. The first kappa shape index (κ1) is 16.2. The molecule has 114 valence electrons. The van der Waals surface area contributed by atoms with Crippen molar-refractivity contribution >= 4 is 21.6 Å². The van der Waals surface area contributed by atoms with Gasteiger partial charge in [0.05, 0.1) is 0 Å². The lowest BCUT2D eigenvalue weighted by molar-refractivity contribution is 0.594. The van der Waals surface area contributed by atoms with E-state index in [2.05, 4.69) is 68.6 Å². The van der Waals surface area contributed by atoms with Gasteiger partial charge in [-0.1, -0.05) is 63.2 Å². The fourth-order valence-corrected chi connectivity index (χ4v) is 3.90. The molecule has 2 rings (SSSR count). The van der Waals surface area contributed by atoms with Gasteiger partial charge in [0, 0.05) is 27.8 Å². The number of rotatable bonds is 7. The second-order valence-corrected chi connectivity index (χ2v) is 7.34. The Morgan fingerprint density at radius 1 is 1.10 bits per heavy atom. The second kappa shape index (κ2) is 7.71. The van der Waals surface area contributed by atoms with Crippen LogP contribution < -0.4 is 5.32 Å². The lowest BCUT2D eigenvalue weighted by Crippen LogP contribution is -2.29. The fourth-order valence-electron chi connectivity index (χ4n) is 2.57. The van der Waals surface area contributed by atoms with E-state index in [-0.39, 0.29) is 11.3 Å². The predicted molar refractivity (Wildman–Crippen MR) is 93.1 cm³/mol. The summed E-state index contributed by atoms with van der Waals surface area (Å²) in [5, 5.41) is 6.26. The molecule has 0 aliphatic carbocycles. The molecular formula is C18H25NOS. The highest BCUT2D eigenvalue weighted by atomic mass is 32.2. The van der Waals surface area contributed by atoms with Gasteiger partial charge in [0.25, 0.3) is 0 Å². The van der Waals surface area contributed by atoms with Crippen LogP contribution in [0.3, 0.4) is 0 Å². The van der Waals surface area contributed by atoms with Gasteiger partial charge in [-0.05, 0) is 29.3 Å². The maximum atomic E-state index is 12.4. The minimum Gasteiger partial charge on any atom is -0.309 e. The molecule has 3 unspecified atom stereocenters. The van der Waals surface area contributed by atoms with Crippen LogP contribution in [-0.4, -0.2) is 21.8 Å². The van der Waals surface area contributed by atoms with Gasteiger partial charge in [0.2, 0.25) is 0 Å². The fraction of sp³-hybridized carbons (Fsp3) is 0.444. The van der Waals surface area contributed by atoms with Crippen molar-refractivity contribution in [1.82, 2.24) is 5.32 Å². The van der Waals surface area contributed by atoms with E-state index >= 15 is 0 Å². The Labute approximate surface area is 130 Å². The third-order valence-electron chi connectivity index (χ3n) is 4.00. The van der Waals surface area contributed by atoms with Crippen LogP contribution in [0.5, 0.6) is 0 Å². The van der Waals surface area contributed by atoms with Gasteiger partial charge in [-0.2, -0.15) is 0 Å². The first-order valence-electron chi connectivity index (χ1n) is 7.75. The zero-order valence-corrected chi connectivity index (χ0v) is 14.0. The molecule has 0 bridgehead atoms.